The third-order valence-electron chi connectivity index (χ3n) is 7.83. The number of aryl methyl sites for hydroxylation is 2. The van der Waals surface area contributed by atoms with Crippen LogP contribution >= 0.6 is 0 Å². The zero-order chi connectivity index (χ0) is 49.9. The molecule has 2 rings (SSSR count). The summed E-state index contributed by atoms with van der Waals surface area (Å²) < 4.78 is 69.7. The number of hydrogen-bond donors (Lipinski definition) is 4. The first-order valence-corrected chi connectivity index (χ1v) is 21.6. The molecule has 1 heterocycles. The van der Waals surface area contributed by atoms with Crippen LogP contribution in [0.3, 0.4) is 0 Å². The third kappa shape index (κ3) is 25.4. The molecular formula is C44H68F3N9O10. The van der Waals surface area contributed by atoms with E-state index >= 15 is 0 Å². The molecule has 1 aromatic heterocycles. The molecule has 4 N–H and O–H groups in total. The van der Waals surface area contributed by atoms with Gasteiger partial charge in [-0.05, 0) is 127 Å². The van der Waals surface area contributed by atoms with E-state index < -0.39 is 58.9 Å². The zero-order valence-electron chi connectivity index (χ0n) is 40.2. The topological polar surface area (TPSA) is 227 Å². The standard InChI is InChI=1S/C44H68F3N9O10/c1-40(2,3)63-36(58)51-33(52-37(59)64-41(4,5)6)48-24-17-15-13-14-16-18-25-55-27-28-56(35(55)50-32(57)44(45,46)47)26-19-29-62-31-22-20-30(21-23-31)49-34(53-38(60)65-42(7,8)9)54-39(61)66-43(10,11)12/h20-23,27-28H,13-19,24-26,29H2,1-12H3,(H2,48,51,52,58,59)(H2,49,53,54,60,61). The van der Waals surface area contributed by atoms with Gasteiger partial charge in [-0.2, -0.15) is 18.2 Å². The molecule has 0 saturated carbocycles. The molecule has 0 spiro atoms. The first-order valence-electron chi connectivity index (χ1n) is 21.6. The Bertz CT molecular complexity index is 1990. The summed E-state index contributed by atoms with van der Waals surface area (Å²) in [4.78, 5) is 73.4. The van der Waals surface area contributed by atoms with Crippen LogP contribution in [0.1, 0.15) is 128 Å². The molecule has 1 aromatic carbocycles. The SMILES string of the molecule is CC(C)(C)OC(=O)NC(=NCCCCCCCCn1ccn(CCCOc2ccc(N=C(NC(=O)OC(C)(C)C)NC(=O)OC(C)(C)C)cc2)c1=NC(=O)C(F)(F)F)NC(=O)OC(C)(C)C. The number of benzene rings is 1. The molecular weight excluding hydrogens is 872 g/mol. The summed E-state index contributed by atoms with van der Waals surface area (Å²) in [5.74, 6) is -2.11. The molecule has 0 bridgehead atoms. The number of amides is 5. The van der Waals surface area contributed by atoms with Gasteiger partial charge in [0.05, 0.1) is 12.3 Å². The lowest BCUT2D eigenvalue weighted by molar-refractivity contribution is -0.169. The van der Waals surface area contributed by atoms with Crippen molar-refractivity contribution in [2.45, 2.75) is 170 Å². The Morgan fingerprint density at radius 2 is 0.939 bits per heavy atom. The molecule has 0 aliphatic rings. The molecule has 22 heteroatoms. The molecule has 0 saturated heterocycles. The Morgan fingerprint density at radius 1 is 0.545 bits per heavy atom. The van der Waals surface area contributed by atoms with E-state index in [1.54, 1.807) is 120 Å². The molecule has 0 aliphatic heterocycles. The summed E-state index contributed by atoms with van der Waals surface area (Å²) in [6.07, 6.45) is -0.504. The number of unbranched alkanes of at least 4 members (excludes halogenated alkanes) is 5. The second-order valence-corrected chi connectivity index (χ2v) is 18.9. The number of alkyl halides is 3. The van der Waals surface area contributed by atoms with Gasteiger partial charge in [0.25, 0.3) is 0 Å². The predicted molar refractivity (Wildman–Crippen MR) is 240 cm³/mol. The minimum absolute atomic E-state index is 0.100. The number of alkyl carbamates (subject to hydrolysis) is 4. The maximum atomic E-state index is 13.3. The van der Waals surface area contributed by atoms with Gasteiger partial charge in [-0.15, -0.1) is 0 Å². The van der Waals surface area contributed by atoms with Gasteiger partial charge >= 0.3 is 36.5 Å². The van der Waals surface area contributed by atoms with Crippen molar-refractivity contribution in [3.05, 3.63) is 42.3 Å². The Labute approximate surface area is 384 Å². The third-order valence-corrected chi connectivity index (χ3v) is 7.83. The lowest BCUT2D eigenvalue weighted by Gasteiger charge is -2.22. The van der Waals surface area contributed by atoms with Gasteiger partial charge in [0, 0.05) is 32.0 Å². The first kappa shape index (κ1) is 56.0. The van der Waals surface area contributed by atoms with Crippen LogP contribution in [0.5, 0.6) is 5.75 Å². The molecule has 0 fully saturated rings. The summed E-state index contributed by atoms with van der Waals surface area (Å²) >= 11 is 0. The molecule has 0 atom stereocenters. The van der Waals surface area contributed by atoms with Crippen molar-refractivity contribution in [2.24, 2.45) is 15.0 Å². The maximum absolute atomic E-state index is 13.3. The highest BCUT2D eigenvalue weighted by Gasteiger charge is 2.39. The van der Waals surface area contributed by atoms with Gasteiger partial charge in [-0.1, -0.05) is 25.7 Å². The molecule has 19 nitrogen and oxygen atoms in total. The summed E-state index contributed by atoms with van der Waals surface area (Å²) in [6, 6.07) is 6.36. The fraction of sp³-hybridized carbons (Fsp3) is 0.636. The molecule has 0 unspecified atom stereocenters. The van der Waals surface area contributed by atoms with E-state index in [2.05, 4.69) is 36.2 Å². The van der Waals surface area contributed by atoms with Crippen molar-refractivity contribution in [3.63, 3.8) is 0 Å². The smallest absolute Gasteiger partial charge is 0.473 e. The van der Waals surface area contributed by atoms with Crippen molar-refractivity contribution in [2.75, 3.05) is 13.2 Å². The van der Waals surface area contributed by atoms with Crippen LogP contribution in [-0.4, -0.2) is 93.1 Å². The van der Waals surface area contributed by atoms with Crippen molar-refractivity contribution in [3.8, 4) is 5.75 Å². The number of rotatable bonds is 15. The monoisotopic (exact) mass is 940 g/mol. The van der Waals surface area contributed by atoms with Gasteiger partial charge in [0.1, 0.15) is 28.2 Å². The van der Waals surface area contributed by atoms with Crippen LogP contribution in [0.25, 0.3) is 0 Å². The quantitative estimate of drug-likeness (QED) is 0.0576. The van der Waals surface area contributed by atoms with E-state index in [1.807, 2.05) is 0 Å². The number of aliphatic imine (C=N–C) groups is 2. The first-order chi connectivity index (χ1) is 30.4. The fourth-order valence-electron chi connectivity index (χ4n) is 5.35. The van der Waals surface area contributed by atoms with Crippen molar-refractivity contribution in [1.82, 2.24) is 30.4 Å². The fourth-order valence-corrected chi connectivity index (χ4v) is 5.35. The number of guanidine groups is 2. The Kier molecular flexibility index (Phi) is 21.2. The summed E-state index contributed by atoms with van der Waals surface area (Å²) in [5.41, 5.74) is -2.96. The van der Waals surface area contributed by atoms with Gasteiger partial charge in [-0.3, -0.25) is 31.1 Å². The molecule has 5 amide bonds. The van der Waals surface area contributed by atoms with Crippen LogP contribution in [0, 0.1) is 0 Å². The van der Waals surface area contributed by atoms with E-state index in [-0.39, 0.29) is 30.7 Å². The van der Waals surface area contributed by atoms with Crippen LogP contribution < -0.4 is 31.6 Å². The average molecular weight is 940 g/mol. The van der Waals surface area contributed by atoms with Crippen LogP contribution in [0.4, 0.5) is 38.0 Å². The van der Waals surface area contributed by atoms with Crippen molar-refractivity contribution < 1.29 is 60.8 Å². The van der Waals surface area contributed by atoms with Crippen LogP contribution in [0.2, 0.25) is 0 Å². The number of ether oxygens (including phenoxy) is 5. The number of aromatic nitrogens is 2. The van der Waals surface area contributed by atoms with Gasteiger partial charge in [0.15, 0.2) is 0 Å². The number of nitrogens with one attached hydrogen (secondary N) is 4. The van der Waals surface area contributed by atoms with Crippen LogP contribution in [-0.2, 0) is 36.8 Å². The Morgan fingerprint density at radius 3 is 1.36 bits per heavy atom. The molecule has 66 heavy (non-hydrogen) atoms. The number of carbonyl (C=O) groups excluding carboxylic acids is 5. The second-order valence-electron chi connectivity index (χ2n) is 18.9. The zero-order valence-corrected chi connectivity index (χ0v) is 40.2. The molecule has 2 aromatic rings. The minimum atomic E-state index is -5.15. The number of carbonyl (C=O) groups is 5. The van der Waals surface area contributed by atoms with Gasteiger partial charge in [0.2, 0.25) is 17.5 Å². The van der Waals surface area contributed by atoms with Gasteiger partial charge < -0.3 is 32.8 Å². The largest absolute Gasteiger partial charge is 0.494 e. The summed E-state index contributed by atoms with van der Waals surface area (Å²) in [5, 5.41) is 9.69. The molecule has 0 aliphatic carbocycles. The van der Waals surface area contributed by atoms with E-state index in [0.29, 0.717) is 43.8 Å². The second kappa shape index (κ2) is 25.0. The van der Waals surface area contributed by atoms with Crippen LogP contribution in [0.15, 0.2) is 51.6 Å². The van der Waals surface area contributed by atoms with E-state index in [4.69, 9.17) is 23.7 Å². The molecule has 0 radical (unpaired) electrons. The number of imidazole rings is 1. The minimum Gasteiger partial charge on any atom is -0.494 e. The Hall–Kier alpha value is -6.09. The number of halogens is 3. The van der Waals surface area contributed by atoms with Crippen molar-refractivity contribution >= 4 is 47.9 Å². The van der Waals surface area contributed by atoms with Gasteiger partial charge in [-0.25, -0.2) is 24.2 Å². The predicted octanol–water partition coefficient (Wildman–Crippen LogP) is 8.53. The lowest BCUT2D eigenvalue weighted by atomic mass is 10.1. The number of nitrogens with zero attached hydrogens (tertiary/aromatic N) is 5. The van der Waals surface area contributed by atoms with E-state index in [1.165, 1.54) is 9.13 Å². The average Bonchev–Trinajstić information content (AvgIpc) is 3.49. The van der Waals surface area contributed by atoms with Crippen molar-refractivity contribution in [1.29, 1.82) is 0 Å². The lowest BCUT2D eigenvalue weighted by Crippen LogP contribution is -2.47. The van der Waals surface area contributed by atoms with E-state index in [9.17, 15) is 37.1 Å². The normalized spacial score (nSPS) is 12.3. The molecule has 370 valence electrons. The highest BCUT2D eigenvalue weighted by molar-refractivity contribution is 6.02. The summed E-state index contributed by atoms with van der Waals surface area (Å²) in [6.45, 7) is 21.3. The number of hydrogen-bond acceptors (Lipinski definition) is 12. The highest BCUT2D eigenvalue weighted by atomic mass is 19.4. The Balaban J connectivity index is 1.98. The maximum Gasteiger partial charge on any atom is 0.473 e. The van der Waals surface area contributed by atoms with E-state index in [0.717, 1.165) is 25.7 Å². The summed E-state index contributed by atoms with van der Waals surface area (Å²) in [7, 11) is 0. The highest BCUT2D eigenvalue weighted by Crippen LogP contribution is 2.19.